The third-order valence-electron chi connectivity index (χ3n) is 23.2. The van der Waals surface area contributed by atoms with Crippen LogP contribution in [0.25, 0.3) is 189 Å². The van der Waals surface area contributed by atoms with Gasteiger partial charge in [-0.1, -0.05) is 175 Å². The highest BCUT2D eigenvalue weighted by molar-refractivity contribution is 6.11. The van der Waals surface area contributed by atoms with E-state index in [0.29, 0.717) is 33.4 Å². The van der Waals surface area contributed by atoms with Gasteiger partial charge in [-0.3, -0.25) is 4.98 Å². The molecule has 0 N–H and O–H groups in total. The van der Waals surface area contributed by atoms with Crippen LogP contribution >= 0.6 is 0 Å². The van der Waals surface area contributed by atoms with E-state index in [4.69, 9.17) is 43.2 Å². The molecule has 0 aliphatic rings. The van der Waals surface area contributed by atoms with Gasteiger partial charge < -0.3 is 17.7 Å². The van der Waals surface area contributed by atoms with Gasteiger partial charge in [0.2, 0.25) is 22.8 Å². The van der Waals surface area contributed by atoms with Crippen LogP contribution in [0, 0.1) is 75.8 Å². The maximum absolute atomic E-state index is 8.49. The number of aryl methyl sites for hydroxylation is 15. The van der Waals surface area contributed by atoms with Gasteiger partial charge in [-0.25, -0.2) is 18.3 Å². The van der Waals surface area contributed by atoms with E-state index in [9.17, 15) is 0 Å². The van der Waals surface area contributed by atoms with Gasteiger partial charge >= 0.3 is 0 Å². The van der Waals surface area contributed by atoms with Gasteiger partial charge in [0.25, 0.3) is 0 Å². The first kappa shape index (κ1) is 61.9. The molecular formula is C112H97N5O4+4. The Morgan fingerprint density at radius 1 is 0.240 bits per heavy atom. The Kier molecular flexibility index (Phi) is 16.4. The van der Waals surface area contributed by atoms with E-state index in [2.05, 4.69) is 66.9 Å². The summed E-state index contributed by atoms with van der Waals surface area (Å²) in [5.41, 5.74) is 28.9. The fourth-order valence-electron chi connectivity index (χ4n) is 17.4. The SMILES string of the molecule is [2H]C([2H])([2H])c1cc(-c2ccccc2)cc(C)c1-c1ccc[n+](C)c1-c1c(C)cnc2c1oc1ccccc12.[2H]C([2H])([2H])c1cc(C)ccc1-c1ccc[n+](C)c1-c1cc2oc3ccccc3c2cc1C.[2H]C([2H])([2H])c1cccc(C([2H])([2H])[2H])c1-c1ccc[n+](C)c1-c1cc2oc3ccccc3c2cc1C.[2H]C([2H])([2H])c1ccccc1-c1ccc[n+](C)c1-c1cc2oc3ccccc3c2cc1C. The van der Waals surface area contributed by atoms with Gasteiger partial charge in [-0.05, 0) is 256 Å². The van der Waals surface area contributed by atoms with Crippen molar-refractivity contribution in [3.63, 3.8) is 0 Å². The number of benzene rings is 12. The van der Waals surface area contributed by atoms with Crippen LogP contribution in [0.1, 0.15) is 81.8 Å². The molecule has 0 unspecified atom stereocenters. The highest BCUT2D eigenvalue weighted by Crippen LogP contribution is 2.46. The Labute approximate surface area is 727 Å². The molecule has 0 amide bonds. The summed E-state index contributed by atoms with van der Waals surface area (Å²) in [6.45, 7) is 0.420. The monoisotopic (exact) mass is 1590 g/mol. The molecular weight excluding hydrogens is 1480 g/mol. The van der Waals surface area contributed by atoms with Gasteiger partial charge in [0.05, 0.1) is 44.5 Å². The number of nitrogens with zero attached hydrogens (tertiary/aromatic N) is 5. The minimum Gasteiger partial charge on any atom is -0.456 e. The third kappa shape index (κ3) is 14.4. The first-order valence-electron chi connectivity index (χ1n) is 47.8. The zero-order valence-corrected chi connectivity index (χ0v) is 68.9. The van der Waals surface area contributed by atoms with Gasteiger partial charge in [0.1, 0.15) is 72.8 Å². The number of furan rings is 4. The average Bonchev–Trinajstić information content (AvgIpc) is 1.37. The molecule has 21 rings (SSSR count). The van der Waals surface area contributed by atoms with Crippen molar-refractivity contribution < 1.29 is 56.5 Å². The normalized spacial score (nSPS) is 13.8. The van der Waals surface area contributed by atoms with Crippen molar-refractivity contribution in [3.05, 3.63) is 377 Å². The summed E-state index contributed by atoms with van der Waals surface area (Å²) in [5.74, 6) is 0. The molecule has 9 heteroatoms. The maximum atomic E-state index is 8.49. The molecule has 0 radical (unpaired) electrons. The van der Waals surface area contributed by atoms with Gasteiger partial charge in [-0.15, -0.1) is 0 Å². The minimum atomic E-state index is -2.49. The van der Waals surface area contributed by atoms with Crippen molar-refractivity contribution in [3.8, 4) is 101 Å². The Morgan fingerprint density at radius 2 is 0.628 bits per heavy atom. The molecule has 0 atom stereocenters. The molecule has 121 heavy (non-hydrogen) atoms. The predicted octanol–water partition coefficient (Wildman–Crippen LogP) is 27.4. The quantitative estimate of drug-likeness (QED) is 0.135. The van der Waals surface area contributed by atoms with Crippen molar-refractivity contribution >= 4 is 87.9 Å². The molecule has 0 spiro atoms. The number of hydrogen-bond acceptors (Lipinski definition) is 5. The van der Waals surface area contributed by atoms with E-state index in [1.54, 1.807) is 30.3 Å². The van der Waals surface area contributed by atoms with Crippen LogP contribution in [0.4, 0.5) is 0 Å². The van der Waals surface area contributed by atoms with Crippen molar-refractivity contribution in [1.29, 1.82) is 0 Å². The lowest BCUT2D eigenvalue weighted by Crippen LogP contribution is -2.31. The summed E-state index contributed by atoms with van der Waals surface area (Å²) in [7, 11) is 7.83. The van der Waals surface area contributed by atoms with Crippen molar-refractivity contribution in [1.82, 2.24) is 4.98 Å². The number of pyridine rings is 5. The van der Waals surface area contributed by atoms with E-state index in [-0.39, 0.29) is 16.7 Å². The highest BCUT2D eigenvalue weighted by atomic mass is 16.3. The van der Waals surface area contributed by atoms with Crippen LogP contribution in [-0.4, -0.2) is 4.98 Å². The zero-order valence-electron chi connectivity index (χ0n) is 83.9. The maximum Gasteiger partial charge on any atom is 0.224 e. The first-order valence-corrected chi connectivity index (χ1v) is 40.3. The lowest BCUT2D eigenvalue weighted by molar-refractivity contribution is -0.660. The van der Waals surface area contributed by atoms with E-state index in [0.717, 1.165) is 200 Å². The number of aromatic nitrogens is 5. The van der Waals surface area contributed by atoms with Gasteiger partial charge in [0.15, 0.2) is 30.4 Å². The molecule has 0 fully saturated rings. The van der Waals surface area contributed by atoms with Crippen molar-refractivity contribution in [2.24, 2.45) is 28.2 Å². The summed E-state index contributed by atoms with van der Waals surface area (Å²) in [4.78, 5) is 4.71. The minimum absolute atomic E-state index is 0.0149. The molecule has 9 nitrogen and oxygen atoms in total. The Balaban J connectivity index is 0.000000121. The highest BCUT2D eigenvalue weighted by Gasteiger charge is 2.30. The van der Waals surface area contributed by atoms with Crippen LogP contribution in [0.3, 0.4) is 0 Å². The molecule has 0 aliphatic heterocycles. The molecule has 0 aliphatic carbocycles. The van der Waals surface area contributed by atoms with E-state index < -0.39 is 34.3 Å². The second kappa shape index (κ2) is 32.1. The Hall–Kier alpha value is -14.4. The van der Waals surface area contributed by atoms with Crippen LogP contribution in [-0.2, 0) is 28.2 Å². The molecule has 590 valence electrons. The van der Waals surface area contributed by atoms with Gasteiger partial charge in [-0.2, -0.15) is 0 Å². The lowest BCUT2D eigenvalue weighted by atomic mass is 9.88. The molecule has 0 saturated heterocycles. The fraction of sp³-hybridized carbons (Fsp3) is 0.134. The molecule has 21 aromatic rings. The Bertz CT molecular complexity index is 8270. The van der Waals surface area contributed by atoms with Crippen LogP contribution in [0.2, 0.25) is 0 Å². The molecule has 0 bridgehead atoms. The summed E-state index contributed by atoms with van der Waals surface area (Å²) < 4.78 is 155. The van der Waals surface area contributed by atoms with E-state index >= 15 is 0 Å². The molecule has 12 aromatic carbocycles. The molecule has 9 aromatic heterocycles. The first-order chi connectivity index (χ1) is 64.8. The summed E-state index contributed by atoms with van der Waals surface area (Å²) >= 11 is 0. The second-order valence-electron chi connectivity index (χ2n) is 31.3. The number of para-hydroxylation sites is 4. The molecule has 9 heterocycles. The second-order valence-corrected chi connectivity index (χ2v) is 31.3. The zero-order chi connectivity index (χ0) is 96.1. The Morgan fingerprint density at radius 3 is 1.13 bits per heavy atom. The smallest absolute Gasteiger partial charge is 0.224 e. The van der Waals surface area contributed by atoms with E-state index in [1.165, 1.54) is 18.2 Å². The summed E-state index contributed by atoms with van der Waals surface area (Å²) in [6, 6.07) is 90.9. The topological polar surface area (TPSA) is 81.0 Å². The van der Waals surface area contributed by atoms with Crippen LogP contribution in [0.5, 0.6) is 0 Å². The molecule has 0 saturated carbocycles. The summed E-state index contributed by atoms with van der Waals surface area (Å²) in [5, 5.41) is 7.33. The van der Waals surface area contributed by atoms with Crippen LogP contribution < -0.4 is 18.3 Å². The average molecular weight is 1590 g/mol. The lowest BCUT2D eigenvalue weighted by Gasteiger charge is -2.16. The number of hydrogen-bond donors (Lipinski definition) is 0. The van der Waals surface area contributed by atoms with Gasteiger partial charge in [0, 0.05) is 88.7 Å². The standard InChI is InChI=1S/C32H27N2O.2C27H24NO.C26H22NO/c1-20-17-24(23-11-6-5-7-12-23)18-21(2)28(20)26-14-10-16-34(4)31(26)29-22(3)19-33-30-25-13-8-9-15-27(25)35-32(29)30;1-17-9-7-10-18(2)26(17)21-12-8-14-28(4)27(21)22-16-25-23(15-19(22)3)20-11-5-6-13-24(20)29-25;1-17-11-12-20(18(2)14-17)22-9-7-13-28(4)27(22)23-16-26-24(15-19(23)3)21-8-5-6-10-25(21)29-26;1-17-9-4-5-10-19(17)21-12-8-14-27(3)26(21)22-16-25-23(15-18(22)2)20-11-6-7-13-24(20)28-25/h5-19H,1-4H3;2*5-16H,1-4H3;4-16H,1-3H3/q4*+1/i1D3;1D3,2D3;2D3;1D3. The third-order valence-corrected chi connectivity index (χ3v) is 23.2. The van der Waals surface area contributed by atoms with Crippen molar-refractivity contribution in [2.45, 2.75) is 75.8 Å². The number of rotatable bonds is 9. The largest absolute Gasteiger partial charge is 0.456 e. The fourth-order valence-corrected chi connectivity index (χ4v) is 17.4. The predicted molar refractivity (Wildman–Crippen MR) is 498 cm³/mol. The summed E-state index contributed by atoms with van der Waals surface area (Å²) in [6.07, 6.45) is 9.69. The number of fused-ring (bicyclic) bond motifs is 12. The van der Waals surface area contributed by atoms with E-state index in [1.807, 2.05) is 289 Å². The van der Waals surface area contributed by atoms with Crippen molar-refractivity contribution in [2.75, 3.05) is 0 Å². The van der Waals surface area contributed by atoms with Crippen LogP contribution in [0.15, 0.2) is 334 Å².